The number of Topliss-reactive ketones (excluding diaryl/α,β-unsaturated/α-hetero) is 1. The quantitative estimate of drug-likeness (QED) is 0.620. The number of rotatable bonds is 6. The minimum absolute atomic E-state index is 0.0578. The molecule has 0 aliphatic carbocycles. The number of hydrogen-bond acceptors (Lipinski definition) is 5. The molecule has 1 heterocycles. The van der Waals surface area contributed by atoms with Crippen LogP contribution in [-0.4, -0.2) is 47.7 Å². The molecule has 1 aliphatic rings. The summed E-state index contributed by atoms with van der Waals surface area (Å²) in [5.74, 6) is -1.28. The first kappa shape index (κ1) is 19.6. The molecule has 26 heavy (non-hydrogen) atoms. The third kappa shape index (κ3) is 5.68. The summed E-state index contributed by atoms with van der Waals surface area (Å²) in [7, 11) is 0. The average molecular weight is 360 g/mol. The molecule has 1 N–H and O–H groups in total. The number of anilines is 1. The molecule has 1 fully saturated rings. The van der Waals surface area contributed by atoms with Crippen LogP contribution >= 0.6 is 0 Å². The summed E-state index contributed by atoms with van der Waals surface area (Å²) in [6, 6.07) is 6.52. The van der Waals surface area contributed by atoms with Gasteiger partial charge in [0, 0.05) is 24.2 Å². The van der Waals surface area contributed by atoms with Gasteiger partial charge in [0.15, 0.2) is 11.9 Å². The number of carbonyl (C=O) groups is 4. The second-order valence-corrected chi connectivity index (χ2v) is 6.38. The molecular weight excluding hydrogens is 336 g/mol. The van der Waals surface area contributed by atoms with Crippen LogP contribution in [0.25, 0.3) is 0 Å². The molecule has 7 nitrogen and oxygen atoms in total. The number of ketones is 1. The minimum atomic E-state index is -1.01. The fourth-order valence-corrected chi connectivity index (χ4v) is 2.71. The average Bonchev–Trinajstić information content (AvgIpc) is 2.79. The van der Waals surface area contributed by atoms with E-state index in [4.69, 9.17) is 4.74 Å². The lowest BCUT2D eigenvalue weighted by Crippen LogP contribution is -2.38. The van der Waals surface area contributed by atoms with Crippen LogP contribution in [0.4, 0.5) is 5.69 Å². The summed E-state index contributed by atoms with van der Waals surface area (Å²) in [5, 5.41) is 2.62. The Bertz CT molecular complexity index is 701. The van der Waals surface area contributed by atoms with Gasteiger partial charge in [0.05, 0.1) is 0 Å². The van der Waals surface area contributed by atoms with Crippen LogP contribution in [0.3, 0.4) is 0 Å². The summed E-state index contributed by atoms with van der Waals surface area (Å²) in [4.78, 5) is 49.0. The summed E-state index contributed by atoms with van der Waals surface area (Å²) < 4.78 is 5.14. The SMILES string of the molecule is CC(=O)c1cccc(NC(=O)[C@H](C)OC(=O)CN2CCCCCC2=O)c1. The van der Waals surface area contributed by atoms with Crippen LogP contribution in [0.2, 0.25) is 0 Å². The van der Waals surface area contributed by atoms with E-state index >= 15 is 0 Å². The van der Waals surface area contributed by atoms with Gasteiger partial charge in [0.25, 0.3) is 5.91 Å². The van der Waals surface area contributed by atoms with E-state index in [1.165, 1.54) is 18.7 Å². The summed E-state index contributed by atoms with van der Waals surface area (Å²) >= 11 is 0. The number of nitrogens with one attached hydrogen (secondary N) is 1. The first-order valence-corrected chi connectivity index (χ1v) is 8.76. The van der Waals surface area contributed by atoms with Gasteiger partial charge in [-0.05, 0) is 38.8 Å². The maximum Gasteiger partial charge on any atom is 0.326 e. The van der Waals surface area contributed by atoms with Crippen molar-refractivity contribution in [2.45, 2.75) is 45.6 Å². The van der Waals surface area contributed by atoms with Crippen molar-refractivity contribution < 1.29 is 23.9 Å². The van der Waals surface area contributed by atoms with Crippen molar-refractivity contribution in [3.63, 3.8) is 0 Å². The summed E-state index contributed by atoms with van der Waals surface area (Å²) in [5.41, 5.74) is 0.931. The van der Waals surface area contributed by atoms with Gasteiger partial charge in [-0.15, -0.1) is 0 Å². The van der Waals surface area contributed by atoms with E-state index in [0.29, 0.717) is 24.2 Å². The number of likely N-dealkylation sites (tertiary alicyclic amines) is 1. The second kappa shape index (κ2) is 9.12. The zero-order chi connectivity index (χ0) is 19.1. The van der Waals surface area contributed by atoms with Gasteiger partial charge < -0.3 is 15.0 Å². The third-order valence-electron chi connectivity index (χ3n) is 4.21. The second-order valence-electron chi connectivity index (χ2n) is 6.38. The number of ether oxygens (including phenoxy) is 1. The van der Waals surface area contributed by atoms with Gasteiger partial charge in [-0.2, -0.15) is 0 Å². The van der Waals surface area contributed by atoms with Crippen molar-refractivity contribution in [3.8, 4) is 0 Å². The van der Waals surface area contributed by atoms with E-state index in [-0.39, 0.29) is 18.2 Å². The number of nitrogens with zero attached hydrogens (tertiary/aromatic N) is 1. The van der Waals surface area contributed by atoms with Crippen molar-refractivity contribution in [3.05, 3.63) is 29.8 Å². The van der Waals surface area contributed by atoms with Crippen molar-refractivity contribution in [1.29, 1.82) is 0 Å². The number of benzene rings is 1. The molecule has 1 saturated heterocycles. The van der Waals surface area contributed by atoms with Gasteiger partial charge in [-0.25, -0.2) is 0 Å². The highest BCUT2D eigenvalue weighted by molar-refractivity contribution is 5.98. The smallest absolute Gasteiger partial charge is 0.326 e. The fraction of sp³-hybridized carbons (Fsp3) is 0.474. The Hall–Kier alpha value is -2.70. The van der Waals surface area contributed by atoms with Crippen LogP contribution in [0.15, 0.2) is 24.3 Å². The summed E-state index contributed by atoms with van der Waals surface area (Å²) in [6.45, 7) is 3.30. The van der Waals surface area contributed by atoms with Crippen molar-refractivity contribution in [2.75, 3.05) is 18.4 Å². The molecule has 1 aromatic carbocycles. The van der Waals surface area contributed by atoms with Crippen LogP contribution in [0.1, 0.15) is 49.9 Å². The Balaban J connectivity index is 1.87. The molecule has 7 heteroatoms. The zero-order valence-electron chi connectivity index (χ0n) is 15.1. The number of amides is 2. The van der Waals surface area contributed by atoms with Gasteiger partial charge in [0.1, 0.15) is 6.54 Å². The van der Waals surface area contributed by atoms with E-state index in [9.17, 15) is 19.2 Å². The maximum absolute atomic E-state index is 12.2. The van der Waals surface area contributed by atoms with Crippen molar-refractivity contribution >= 4 is 29.3 Å². The summed E-state index contributed by atoms with van der Waals surface area (Å²) in [6.07, 6.45) is 2.10. The van der Waals surface area contributed by atoms with Crippen LogP contribution in [0, 0.1) is 0 Å². The molecule has 1 aromatic rings. The van der Waals surface area contributed by atoms with Gasteiger partial charge in [-0.3, -0.25) is 19.2 Å². The zero-order valence-corrected chi connectivity index (χ0v) is 15.1. The molecule has 2 rings (SSSR count). The van der Waals surface area contributed by atoms with E-state index in [1.807, 2.05) is 0 Å². The van der Waals surface area contributed by atoms with Gasteiger partial charge in [-0.1, -0.05) is 18.6 Å². The van der Waals surface area contributed by atoms with E-state index in [2.05, 4.69) is 5.32 Å². The molecule has 0 unspecified atom stereocenters. The standard InChI is InChI=1S/C19H24N2O5/c1-13(22)15-7-6-8-16(11-15)20-19(25)14(2)26-18(24)12-21-10-5-3-4-9-17(21)23/h6-8,11,14H,3-5,9-10,12H2,1-2H3,(H,20,25)/t14-/m0/s1. The minimum Gasteiger partial charge on any atom is -0.451 e. The van der Waals surface area contributed by atoms with E-state index in [1.54, 1.807) is 24.3 Å². The van der Waals surface area contributed by atoms with E-state index < -0.39 is 18.0 Å². The van der Waals surface area contributed by atoms with E-state index in [0.717, 1.165) is 19.3 Å². The topological polar surface area (TPSA) is 92.8 Å². The Morgan fingerprint density at radius 2 is 2.00 bits per heavy atom. The Morgan fingerprint density at radius 3 is 2.73 bits per heavy atom. The predicted octanol–water partition coefficient (Wildman–Crippen LogP) is 2.16. The highest BCUT2D eigenvalue weighted by Gasteiger charge is 2.23. The predicted molar refractivity (Wildman–Crippen MR) is 95.7 cm³/mol. The molecule has 0 aromatic heterocycles. The molecule has 140 valence electrons. The highest BCUT2D eigenvalue weighted by Crippen LogP contribution is 2.13. The number of hydrogen-bond donors (Lipinski definition) is 1. The van der Waals surface area contributed by atoms with Crippen molar-refractivity contribution in [1.82, 2.24) is 4.90 Å². The van der Waals surface area contributed by atoms with Gasteiger partial charge in [0.2, 0.25) is 5.91 Å². The van der Waals surface area contributed by atoms with Gasteiger partial charge >= 0.3 is 5.97 Å². The van der Waals surface area contributed by atoms with Crippen molar-refractivity contribution in [2.24, 2.45) is 0 Å². The van der Waals surface area contributed by atoms with Crippen LogP contribution in [-0.2, 0) is 19.1 Å². The molecular formula is C19H24N2O5. The van der Waals surface area contributed by atoms with Crippen LogP contribution < -0.4 is 5.32 Å². The molecule has 2 amide bonds. The lowest BCUT2D eigenvalue weighted by molar-refractivity contribution is -0.156. The maximum atomic E-state index is 12.2. The first-order chi connectivity index (χ1) is 12.4. The molecule has 0 spiro atoms. The van der Waals surface area contributed by atoms with Crippen LogP contribution in [0.5, 0.6) is 0 Å². The first-order valence-electron chi connectivity index (χ1n) is 8.76. The Morgan fingerprint density at radius 1 is 1.23 bits per heavy atom. The molecule has 0 bridgehead atoms. The third-order valence-corrected chi connectivity index (χ3v) is 4.21. The lowest BCUT2D eigenvalue weighted by Gasteiger charge is -2.20. The Labute approximate surface area is 152 Å². The Kier molecular flexibility index (Phi) is 6.89. The lowest BCUT2D eigenvalue weighted by atomic mass is 10.1. The normalized spacial score (nSPS) is 15.8. The molecule has 1 atom stereocenters. The largest absolute Gasteiger partial charge is 0.451 e. The molecule has 1 aliphatic heterocycles. The molecule has 0 saturated carbocycles. The highest BCUT2D eigenvalue weighted by atomic mass is 16.5. The fourth-order valence-electron chi connectivity index (χ4n) is 2.71. The number of carbonyl (C=O) groups excluding carboxylic acids is 4. The monoisotopic (exact) mass is 360 g/mol. The number of esters is 1. The molecule has 0 radical (unpaired) electrons.